The third-order valence-corrected chi connectivity index (χ3v) is 8.19. The summed E-state index contributed by atoms with van der Waals surface area (Å²) in [7, 11) is 2.23. The second kappa shape index (κ2) is 17.3. The first-order chi connectivity index (χ1) is 19.4. The summed E-state index contributed by atoms with van der Waals surface area (Å²) in [6.45, 7) is 21.2. The number of hydrogen-bond donors (Lipinski definition) is 1. The molecule has 4 aliphatic rings. The fourth-order valence-corrected chi connectivity index (χ4v) is 5.29. The van der Waals surface area contributed by atoms with Crippen LogP contribution in [0.3, 0.4) is 0 Å². The van der Waals surface area contributed by atoms with Crippen molar-refractivity contribution in [2.24, 2.45) is 5.73 Å². The molecular weight excluding hydrogens is 665 g/mol. The molecule has 0 bridgehead atoms. The molecule has 0 aromatic rings. The minimum absolute atomic E-state index is 0. The van der Waals surface area contributed by atoms with E-state index in [-0.39, 0.29) is 42.2 Å². The van der Waals surface area contributed by atoms with E-state index in [1.165, 1.54) is 0 Å². The summed E-state index contributed by atoms with van der Waals surface area (Å²) in [5.74, 6) is 0.808. The molecule has 0 unspecified atom stereocenters. The van der Waals surface area contributed by atoms with Gasteiger partial charge in [-0.2, -0.15) is 0 Å². The Hall–Kier alpha value is -1.51. The monoisotopic (exact) mass is 723 g/mol. The number of Topliss-reactive ketones (excluding diaryl/α,β-unsaturated/α-hetero) is 2. The number of ketones is 2. The van der Waals surface area contributed by atoms with E-state index in [1.807, 2.05) is 41.5 Å². The van der Waals surface area contributed by atoms with Gasteiger partial charge in [0.1, 0.15) is 22.8 Å². The van der Waals surface area contributed by atoms with Crippen molar-refractivity contribution >= 4 is 23.8 Å². The Morgan fingerprint density at radius 1 is 0.791 bits per heavy atom. The number of nitrogens with zero attached hydrogens (tertiary/aromatic N) is 4. The van der Waals surface area contributed by atoms with E-state index < -0.39 is 11.2 Å². The highest BCUT2D eigenvalue weighted by Crippen LogP contribution is 2.21. The Labute approximate surface area is 276 Å². The van der Waals surface area contributed by atoms with Crippen molar-refractivity contribution in [2.75, 3.05) is 66.0 Å². The predicted molar refractivity (Wildman–Crippen MR) is 163 cm³/mol. The van der Waals surface area contributed by atoms with Gasteiger partial charge in [0, 0.05) is 64.2 Å². The lowest BCUT2D eigenvalue weighted by Crippen LogP contribution is -3.00. The number of ether oxygens (including phenoxy) is 2. The van der Waals surface area contributed by atoms with Crippen molar-refractivity contribution in [2.45, 2.75) is 110 Å². The molecule has 4 aliphatic heterocycles. The van der Waals surface area contributed by atoms with E-state index in [9.17, 15) is 19.2 Å². The highest BCUT2D eigenvalue weighted by Gasteiger charge is 2.34. The number of amides is 2. The van der Waals surface area contributed by atoms with Gasteiger partial charge >= 0.3 is 12.2 Å². The van der Waals surface area contributed by atoms with Crippen LogP contribution in [0.25, 0.3) is 0 Å². The van der Waals surface area contributed by atoms with Crippen molar-refractivity contribution in [1.29, 1.82) is 0 Å². The summed E-state index contributed by atoms with van der Waals surface area (Å²) in [6.07, 6.45) is 4.29. The maximum atomic E-state index is 12.0. The van der Waals surface area contributed by atoms with E-state index in [0.717, 1.165) is 82.5 Å². The Balaban J connectivity index is 0.000000337. The van der Waals surface area contributed by atoms with Crippen molar-refractivity contribution in [1.82, 2.24) is 14.7 Å². The summed E-state index contributed by atoms with van der Waals surface area (Å²) in [4.78, 5) is 51.3. The molecule has 0 spiro atoms. The summed E-state index contributed by atoms with van der Waals surface area (Å²) < 4.78 is 11.7. The molecule has 4 saturated heterocycles. The van der Waals surface area contributed by atoms with Gasteiger partial charge < -0.3 is 53.5 Å². The van der Waals surface area contributed by atoms with Crippen molar-refractivity contribution in [3.05, 3.63) is 0 Å². The molecule has 2 N–H and O–H groups in total. The van der Waals surface area contributed by atoms with Crippen LogP contribution in [0.5, 0.6) is 0 Å². The lowest BCUT2D eigenvalue weighted by atomic mass is 10.1. The molecule has 43 heavy (non-hydrogen) atoms. The number of carbonyl (C=O) groups excluding carboxylic acids is 4. The molecule has 0 aromatic heterocycles. The lowest BCUT2D eigenvalue weighted by Gasteiger charge is -2.36. The van der Waals surface area contributed by atoms with E-state index >= 15 is 0 Å². The molecule has 0 aliphatic carbocycles. The van der Waals surface area contributed by atoms with Crippen LogP contribution >= 0.6 is 0 Å². The molecule has 2 amide bonds. The number of quaternary nitrogens is 1. The van der Waals surface area contributed by atoms with E-state index in [1.54, 1.807) is 9.80 Å². The number of piperidine rings is 2. The fraction of sp³-hybridized carbons (Fsp3) is 0.871. The average molecular weight is 724 g/mol. The first kappa shape index (κ1) is 39.5. The topological polar surface area (TPSA) is 122 Å². The molecule has 12 heteroatoms. The number of nitrogens with two attached hydrogens (primary N) is 1. The van der Waals surface area contributed by atoms with E-state index in [2.05, 4.69) is 18.9 Å². The van der Waals surface area contributed by atoms with Crippen molar-refractivity contribution in [3.8, 4) is 0 Å². The third kappa shape index (κ3) is 14.9. The summed E-state index contributed by atoms with van der Waals surface area (Å²) in [5, 5.41) is 0. The summed E-state index contributed by atoms with van der Waals surface area (Å²) >= 11 is 0. The van der Waals surface area contributed by atoms with Gasteiger partial charge in [0.15, 0.2) is 0 Å². The minimum Gasteiger partial charge on any atom is -1.00 e. The Morgan fingerprint density at radius 3 is 1.65 bits per heavy atom. The number of hydrogen-bond acceptors (Lipinski definition) is 8. The standard InChI is InChI=1S/C14H24N2O3.C9H18N2O2.C8H16NO.HI/c1-14(2,3)19-13(18)16-7-4-11(10-16)15-8-5-12(17)6-9-15;1-9(2,3)13-8(12)11-5-4-7(10)6-11;1-3-9(2)6-4-8(10)5-7-9;/h11H,4-10H2,1-3H3;7H,4-6,10H2,1-3H3;3-7H2,1-2H3;1H/q;;+1;/p-1/t11-;7-;;/m00../s1. The maximum absolute atomic E-state index is 12.0. The minimum atomic E-state index is -0.438. The summed E-state index contributed by atoms with van der Waals surface area (Å²) in [6, 6.07) is 0.508. The second-order valence-corrected chi connectivity index (χ2v) is 14.3. The van der Waals surface area contributed by atoms with Crippen molar-refractivity contribution < 1.29 is 57.1 Å². The van der Waals surface area contributed by atoms with Gasteiger partial charge in [-0.25, -0.2) is 9.59 Å². The zero-order valence-electron chi connectivity index (χ0n) is 28.0. The number of halogens is 1. The number of carbonyl (C=O) groups is 4. The van der Waals surface area contributed by atoms with Crippen LogP contribution in [0.1, 0.15) is 87.0 Å². The van der Waals surface area contributed by atoms with E-state index in [0.29, 0.717) is 37.0 Å². The molecule has 0 radical (unpaired) electrons. The maximum Gasteiger partial charge on any atom is 0.410 e. The molecule has 0 aromatic carbocycles. The Kier molecular flexibility index (Phi) is 15.9. The molecule has 4 rings (SSSR count). The van der Waals surface area contributed by atoms with Crippen LogP contribution < -0.4 is 29.7 Å². The van der Waals surface area contributed by atoms with E-state index in [4.69, 9.17) is 15.2 Å². The van der Waals surface area contributed by atoms with Gasteiger partial charge in [-0.05, 0) is 61.3 Å². The fourth-order valence-electron chi connectivity index (χ4n) is 5.29. The van der Waals surface area contributed by atoms with Crippen LogP contribution in [0.4, 0.5) is 9.59 Å². The molecular formula is C31H58IN5O6. The molecule has 4 heterocycles. The molecule has 0 saturated carbocycles. The van der Waals surface area contributed by atoms with Gasteiger partial charge in [-0.15, -0.1) is 0 Å². The van der Waals surface area contributed by atoms with Gasteiger partial charge in [0.25, 0.3) is 0 Å². The highest BCUT2D eigenvalue weighted by atomic mass is 127. The SMILES string of the molecule is CC(C)(C)OC(=O)N1CC[C@H](N)C1.CC(C)(C)OC(=O)N1CC[C@H](N2CCC(=O)CC2)C1.CC[N+]1(C)CCC(=O)CC1.[I-]. The number of rotatable bonds is 2. The normalized spacial score (nSPS) is 24.2. The van der Waals surface area contributed by atoms with Crippen LogP contribution in [-0.4, -0.2) is 132 Å². The first-order valence-electron chi connectivity index (χ1n) is 15.7. The Morgan fingerprint density at radius 2 is 1.23 bits per heavy atom. The smallest absolute Gasteiger partial charge is 0.410 e. The van der Waals surface area contributed by atoms with Gasteiger partial charge in [0.05, 0.1) is 39.5 Å². The lowest BCUT2D eigenvalue weighted by molar-refractivity contribution is -0.909. The number of likely N-dealkylation sites (tertiary alicyclic amines) is 4. The van der Waals surface area contributed by atoms with Crippen LogP contribution in [0, 0.1) is 0 Å². The zero-order chi connectivity index (χ0) is 31.7. The van der Waals surface area contributed by atoms with Crippen LogP contribution in [0.15, 0.2) is 0 Å². The third-order valence-electron chi connectivity index (χ3n) is 8.19. The van der Waals surface area contributed by atoms with Gasteiger partial charge in [-0.3, -0.25) is 14.5 Å². The second-order valence-electron chi connectivity index (χ2n) is 14.3. The van der Waals surface area contributed by atoms with Gasteiger partial charge in [0.2, 0.25) is 0 Å². The van der Waals surface area contributed by atoms with Gasteiger partial charge in [-0.1, -0.05) is 0 Å². The summed E-state index contributed by atoms with van der Waals surface area (Å²) in [5.41, 5.74) is 4.83. The molecule has 2 atom stereocenters. The largest absolute Gasteiger partial charge is 1.00 e. The zero-order valence-corrected chi connectivity index (χ0v) is 30.1. The molecule has 250 valence electrons. The van der Waals surface area contributed by atoms with Crippen molar-refractivity contribution in [3.63, 3.8) is 0 Å². The average Bonchev–Trinajstić information content (AvgIpc) is 3.55. The Bertz CT molecular complexity index is 915. The predicted octanol–water partition coefficient (Wildman–Crippen LogP) is 0.435. The molecule has 11 nitrogen and oxygen atoms in total. The molecule has 4 fully saturated rings. The quantitative estimate of drug-likeness (QED) is 0.322. The highest BCUT2D eigenvalue weighted by molar-refractivity contribution is 5.79. The first-order valence-corrected chi connectivity index (χ1v) is 15.7. The van der Waals surface area contributed by atoms with Crippen LogP contribution in [0.2, 0.25) is 0 Å². The van der Waals surface area contributed by atoms with Crippen LogP contribution in [-0.2, 0) is 19.1 Å².